The lowest BCUT2D eigenvalue weighted by atomic mass is 10.0. The molecule has 6 heteroatoms. The van der Waals surface area contributed by atoms with E-state index >= 15 is 0 Å². The summed E-state index contributed by atoms with van der Waals surface area (Å²) < 4.78 is 1.62. The Labute approximate surface area is 126 Å². The summed E-state index contributed by atoms with van der Waals surface area (Å²) in [6.45, 7) is 4.85. The molecule has 1 aliphatic carbocycles. The number of nitrogens with zero attached hydrogens (tertiary/aromatic N) is 2. The van der Waals surface area contributed by atoms with E-state index < -0.39 is 11.9 Å². The van der Waals surface area contributed by atoms with E-state index in [1.807, 2.05) is 0 Å². The van der Waals surface area contributed by atoms with Crippen molar-refractivity contribution in [3.8, 4) is 0 Å². The van der Waals surface area contributed by atoms with Crippen LogP contribution in [0.15, 0.2) is 11.1 Å². The first-order valence-electron chi connectivity index (χ1n) is 7.22. The number of aryl methyl sites for hydroxylation is 2. The highest BCUT2D eigenvalue weighted by Crippen LogP contribution is 2.41. The van der Waals surface area contributed by atoms with Gasteiger partial charge in [-0.15, -0.1) is 11.3 Å². The zero-order valence-corrected chi connectivity index (χ0v) is 12.9. The second kappa shape index (κ2) is 5.26. The summed E-state index contributed by atoms with van der Waals surface area (Å²) in [7, 11) is 0. The summed E-state index contributed by atoms with van der Waals surface area (Å²) in [6, 6.07) is 0. The zero-order chi connectivity index (χ0) is 15.1. The zero-order valence-electron chi connectivity index (χ0n) is 12.1. The molecule has 0 aromatic carbocycles. The summed E-state index contributed by atoms with van der Waals surface area (Å²) in [5, 5.41) is 9.88. The van der Waals surface area contributed by atoms with E-state index in [-0.39, 0.29) is 5.56 Å². The Balaban J connectivity index is 2.12. The molecule has 0 fully saturated rings. The van der Waals surface area contributed by atoms with Gasteiger partial charge in [0.25, 0.3) is 5.56 Å². The molecule has 1 atom stereocenters. The lowest BCUT2D eigenvalue weighted by molar-refractivity contribution is -0.138. The van der Waals surface area contributed by atoms with Crippen LogP contribution in [0.2, 0.25) is 0 Å². The van der Waals surface area contributed by atoms with Gasteiger partial charge in [0.1, 0.15) is 4.83 Å². The predicted molar refractivity (Wildman–Crippen MR) is 82.0 cm³/mol. The van der Waals surface area contributed by atoms with Crippen molar-refractivity contribution in [2.75, 3.05) is 0 Å². The number of carbonyl (C=O) groups is 1. The number of carboxylic acids is 1. The van der Waals surface area contributed by atoms with Crippen LogP contribution >= 0.6 is 11.3 Å². The highest BCUT2D eigenvalue weighted by atomic mass is 32.1. The minimum atomic E-state index is -0.842. The Bertz CT molecular complexity index is 760. The van der Waals surface area contributed by atoms with Crippen molar-refractivity contribution >= 4 is 27.5 Å². The maximum atomic E-state index is 12.7. The molecule has 0 amide bonds. The lowest BCUT2D eigenvalue weighted by Crippen LogP contribution is -2.22. The molecule has 2 aromatic rings. The number of carboxylic acid groups (broad SMARTS) is 1. The van der Waals surface area contributed by atoms with E-state index in [1.54, 1.807) is 10.9 Å². The van der Waals surface area contributed by atoms with Gasteiger partial charge in [-0.2, -0.15) is 0 Å². The van der Waals surface area contributed by atoms with Crippen LogP contribution in [-0.2, 0) is 17.8 Å². The Hall–Kier alpha value is -1.69. The van der Waals surface area contributed by atoms with Crippen molar-refractivity contribution in [1.29, 1.82) is 0 Å². The average Bonchev–Trinajstić information content (AvgIpc) is 2.95. The Kier molecular flexibility index (Phi) is 3.57. The van der Waals surface area contributed by atoms with Crippen molar-refractivity contribution in [1.82, 2.24) is 9.55 Å². The molecule has 5 nitrogen and oxygen atoms in total. The van der Waals surface area contributed by atoms with E-state index in [9.17, 15) is 14.7 Å². The fraction of sp³-hybridized carbons (Fsp3) is 0.533. The quantitative estimate of drug-likeness (QED) is 0.942. The minimum Gasteiger partial charge on any atom is -0.481 e. The van der Waals surface area contributed by atoms with E-state index in [1.165, 1.54) is 11.3 Å². The maximum absolute atomic E-state index is 12.7. The third kappa shape index (κ3) is 2.37. The topological polar surface area (TPSA) is 72.2 Å². The van der Waals surface area contributed by atoms with Gasteiger partial charge in [-0.05, 0) is 30.7 Å². The van der Waals surface area contributed by atoms with Gasteiger partial charge in [-0.3, -0.25) is 14.2 Å². The van der Waals surface area contributed by atoms with E-state index in [2.05, 4.69) is 18.8 Å². The normalized spacial score (nSPS) is 17.6. The summed E-state index contributed by atoms with van der Waals surface area (Å²) in [5.74, 6) is -0.887. The van der Waals surface area contributed by atoms with Gasteiger partial charge in [0.2, 0.25) is 0 Å². The highest BCUT2D eigenvalue weighted by molar-refractivity contribution is 7.18. The molecule has 1 N–H and O–H groups in total. The van der Waals surface area contributed by atoms with Crippen LogP contribution in [0.5, 0.6) is 0 Å². The molecule has 2 heterocycles. The Morgan fingerprint density at radius 3 is 3.00 bits per heavy atom. The smallest absolute Gasteiger partial charge is 0.311 e. The first-order valence-corrected chi connectivity index (χ1v) is 8.04. The van der Waals surface area contributed by atoms with Crippen LogP contribution in [-0.4, -0.2) is 20.6 Å². The van der Waals surface area contributed by atoms with Gasteiger partial charge in [0.15, 0.2) is 0 Å². The molecule has 0 saturated carbocycles. The second-order valence-electron chi connectivity index (χ2n) is 5.97. The number of fused-ring (bicyclic) bond motifs is 3. The van der Waals surface area contributed by atoms with Gasteiger partial charge in [-0.25, -0.2) is 4.98 Å². The van der Waals surface area contributed by atoms with Crippen molar-refractivity contribution < 1.29 is 9.90 Å². The van der Waals surface area contributed by atoms with E-state index in [4.69, 9.17) is 0 Å². The number of hydrogen-bond acceptors (Lipinski definition) is 4. The van der Waals surface area contributed by atoms with Crippen molar-refractivity contribution in [3.63, 3.8) is 0 Å². The van der Waals surface area contributed by atoms with Crippen LogP contribution in [0, 0.1) is 5.92 Å². The van der Waals surface area contributed by atoms with Crippen molar-refractivity contribution in [3.05, 3.63) is 27.1 Å². The molecule has 112 valence electrons. The summed E-state index contributed by atoms with van der Waals surface area (Å²) in [4.78, 5) is 30.1. The fourth-order valence-corrected chi connectivity index (χ4v) is 4.08. The van der Waals surface area contributed by atoms with Crippen LogP contribution < -0.4 is 5.56 Å². The van der Waals surface area contributed by atoms with Gasteiger partial charge in [0.05, 0.1) is 17.6 Å². The average molecular weight is 306 g/mol. The SMILES string of the molecule is CC(C)CCn1cnc2sc3c(c2c1=O)C(C(=O)O)CC3. The van der Waals surface area contributed by atoms with E-state index in [0.29, 0.717) is 29.1 Å². The monoisotopic (exact) mass is 306 g/mol. The van der Waals surface area contributed by atoms with Crippen LogP contribution in [0.4, 0.5) is 0 Å². The molecule has 3 rings (SSSR count). The third-order valence-corrected chi connectivity index (χ3v) is 5.22. The molecule has 0 radical (unpaired) electrons. The van der Waals surface area contributed by atoms with Crippen molar-refractivity contribution in [2.24, 2.45) is 5.92 Å². The maximum Gasteiger partial charge on any atom is 0.311 e. The predicted octanol–water partition coefficient (Wildman–Crippen LogP) is 2.62. The number of aromatic nitrogens is 2. The third-order valence-electron chi connectivity index (χ3n) is 4.05. The molecule has 0 spiro atoms. The molecule has 2 aromatic heterocycles. The minimum absolute atomic E-state index is 0.0914. The molecule has 1 unspecified atom stereocenters. The van der Waals surface area contributed by atoms with Gasteiger partial charge in [0, 0.05) is 11.4 Å². The number of aliphatic carboxylic acids is 1. The Morgan fingerprint density at radius 2 is 2.33 bits per heavy atom. The largest absolute Gasteiger partial charge is 0.481 e. The van der Waals surface area contributed by atoms with Crippen LogP contribution in [0.25, 0.3) is 10.2 Å². The molecular weight excluding hydrogens is 288 g/mol. The number of thiophene rings is 1. The standard InChI is InChI=1S/C15H18N2O3S/c1-8(2)5-6-17-7-16-13-12(14(17)18)11-9(15(19)20)3-4-10(11)21-13/h7-9H,3-6H2,1-2H3,(H,19,20). The molecule has 0 saturated heterocycles. The van der Waals surface area contributed by atoms with E-state index in [0.717, 1.165) is 23.3 Å². The molecule has 1 aliphatic rings. The first kappa shape index (κ1) is 14.3. The first-order chi connectivity index (χ1) is 9.99. The fourth-order valence-electron chi connectivity index (χ4n) is 2.87. The summed E-state index contributed by atoms with van der Waals surface area (Å²) >= 11 is 1.47. The van der Waals surface area contributed by atoms with Gasteiger partial charge < -0.3 is 5.11 Å². The molecule has 0 aliphatic heterocycles. The Morgan fingerprint density at radius 1 is 1.57 bits per heavy atom. The summed E-state index contributed by atoms with van der Waals surface area (Å²) in [5.41, 5.74) is 0.630. The molecule has 0 bridgehead atoms. The second-order valence-corrected chi connectivity index (χ2v) is 7.06. The molecular formula is C15H18N2O3S. The molecule has 21 heavy (non-hydrogen) atoms. The van der Waals surface area contributed by atoms with Crippen LogP contribution in [0.3, 0.4) is 0 Å². The van der Waals surface area contributed by atoms with Crippen molar-refractivity contribution in [2.45, 2.75) is 45.6 Å². The summed E-state index contributed by atoms with van der Waals surface area (Å²) in [6.07, 6.45) is 3.82. The van der Waals surface area contributed by atoms with Gasteiger partial charge in [-0.1, -0.05) is 13.8 Å². The number of hydrogen-bond donors (Lipinski definition) is 1. The van der Waals surface area contributed by atoms with Crippen LogP contribution in [0.1, 0.15) is 43.0 Å². The number of rotatable bonds is 4. The lowest BCUT2D eigenvalue weighted by Gasteiger charge is -2.09. The van der Waals surface area contributed by atoms with Gasteiger partial charge >= 0.3 is 5.97 Å². The highest BCUT2D eigenvalue weighted by Gasteiger charge is 2.34.